The first kappa shape index (κ1) is 29.7. The van der Waals surface area contributed by atoms with Crippen molar-refractivity contribution in [3.63, 3.8) is 0 Å². The molecule has 3 aromatic rings. The molecule has 2 unspecified atom stereocenters. The van der Waals surface area contributed by atoms with E-state index in [0.717, 1.165) is 5.56 Å². The number of nitrogens with two attached hydrogens (primary N) is 1. The van der Waals surface area contributed by atoms with E-state index in [1.165, 1.54) is 11.9 Å². The molecule has 208 valence electrons. The first-order valence-electron chi connectivity index (χ1n) is 12.9. The second-order valence-electron chi connectivity index (χ2n) is 10.3. The fourth-order valence-electron chi connectivity index (χ4n) is 3.82. The highest BCUT2D eigenvalue weighted by Gasteiger charge is 2.37. The first-order valence-corrected chi connectivity index (χ1v) is 14.8. The van der Waals surface area contributed by atoms with Crippen LogP contribution in [0.15, 0.2) is 36.9 Å². The summed E-state index contributed by atoms with van der Waals surface area (Å²) in [4.78, 5) is 25.2. The van der Waals surface area contributed by atoms with Gasteiger partial charge in [0.15, 0.2) is 11.5 Å². The summed E-state index contributed by atoms with van der Waals surface area (Å²) in [6, 6.07) is 8.15. The summed E-state index contributed by atoms with van der Waals surface area (Å²) in [5, 5.41) is 6.15. The van der Waals surface area contributed by atoms with Crippen LogP contribution in [0.2, 0.25) is 0 Å². The number of nitrogens with zero attached hydrogens (tertiary/aromatic N) is 4. The van der Waals surface area contributed by atoms with Gasteiger partial charge in [-0.3, -0.25) is 9.36 Å². The maximum absolute atomic E-state index is 14.1. The topological polar surface area (TPSA) is 146 Å². The number of benzene rings is 1. The van der Waals surface area contributed by atoms with Gasteiger partial charge in [0, 0.05) is 6.54 Å². The summed E-state index contributed by atoms with van der Waals surface area (Å²) < 4.78 is 27.3. The Balaban J connectivity index is 1.72. The molecule has 11 nitrogen and oxygen atoms in total. The van der Waals surface area contributed by atoms with E-state index in [1.54, 1.807) is 20.2 Å². The monoisotopic (exact) mass is 545 g/mol. The summed E-state index contributed by atoms with van der Waals surface area (Å²) in [5.41, 5.74) is 8.00. The molecule has 0 radical (unpaired) electrons. The zero-order valence-corrected chi connectivity index (χ0v) is 24.0. The van der Waals surface area contributed by atoms with Gasteiger partial charge in [0.25, 0.3) is 0 Å². The number of nitrogens with one attached hydrogen (secondary N) is 2. The summed E-state index contributed by atoms with van der Waals surface area (Å²) in [5.74, 6) is 0.252. The van der Waals surface area contributed by atoms with Crippen molar-refractivity contribution < 1.29 is 18.8 Å². The number of esters is 1. The molecular weight excluding hydrogens is 505 g/mol. The highest BCUT2D eigenvalue weighted by atomic mass is 31.2. The number of rotatable bonds is 14. The van der Waals surface area contributed by atoms with Crippen molar-refractivity contribution in [2.24, 2.45) is 0 Å². The van der Waals surface area contributed by atoms with E-state index in [4.69, 9.17) is 15.2 Å². The lowest BCUT2D eigenvalue weighted by Crippen LogP contribution is -2.48. The van der Waals surface area contributed by atoms with Gasteiger partial charge < -0.3 is 19.8 Å². The van der Waals surface area contributed by atoms with E-state index in [1.807, 2.05) is 30.5 Å². The van der Waals surface area contributed by atoms with Crippen LogP contribution in [0, 0.1) is 0 Å². The minimum absolute atomic E-state index is 0.146. The molecule has 4 N–H and O–H groups in total. The van der Waals surface area contributed by atoms with Crippen LogP contribution >= 0.6 is 7.44 Å². The Hall–Kier alpha value is -2.85. The second-order valence-corrected chi connectivity index (χ2v) is 12.6. The standard InChI is InChI=1S/C26H40N7O4P/c1-7-12-36-25(34)26(5,6)32-38(35,31-13-20-8-10-21(11-9-20)18(2)3)17-37-19(4)14-33-16-30-22-23(27)28-15-29-24(22)33/h8-11,15-16,18-19H,7,12-14,17H2,1-6H3,(H2,27,28,29)(H2,31,32,35). The predicted molar refractivity (Wildman–Crippen MR) is 149 cm³/mol. The molecule has 3 rings (SSSR count). The number of aromatic nitrogens is 4. The van der Waals surface area contributed by atoms with Gasteiger partial charge in [0.1, 0.15) is 23.7 Å². The average molecular weight is 546 g/mol. The molecule has 2 atom stereocenters. The van der Waals surface area contributed by atoms with Crippen molar-refractivity contribution in [1.29, 1.82) is 0 Å². The van der Waals surface area contributed by atoms with E-state index in [0.29, 0.717) is 49.0 Å². The SMILES string of the molecule is CCCOC(=O)C(C)(C)NP(=O)(COC(C)Cn1cnc2c(N)ncnc21)NCc1ccc(C(C)C)cc1. The van der Waals surface area contributed by atoms with E-state index < -0.39 is 19.0 Å². The summed E-state index contributed by atoms with van der Waals surface area (Å²) >= 11 is 0. The van der Waals surface area contributed by atoms with E-state index in [-0.39, 0.29) is 12.5 Å². The van der Waals surface area contributed by atoms with Crippen LogP contribution in [0.4, 0.5) is 5.82 Å². The third kappa shape index (κ3) is 7.83. The molecule has 12 heteroatoms. The van der Waals surface area contributed by atoms with Crippen LogP contribution in [0.25, 0.3) is 11.2 Å². The van der Waals surface area contributed by atoms with Crippen LogP contribution in [0.3, 0.4) is 0 Å². The Morgan fingerprint density at radius 1 is 1.16 bits per heavy atom. The number of anilines is 1. The lowest BCUT2D eigenvalue weighted by molar-refractivity contribution is -0.149. The highest BCUT2D eigenvalue weighted by molar-refractivity contribution is 7.59. The Labute approximate surface area is 224 Å². The lowest BCUT2D eigenvalue weighted by atomic mass is 10.0. The molecule has 1 aromatic carbocycles. The van der Waals surface area contributed by atoms with Crippen molar-refractivity contribution in [3.05, 3.63) is 48.0 Å². The molecule has 0 fully saturated rings. The normalized spacial score (nSPS) is 14.5. The molecule has 0 saturated carbocycles. The second kappa shape index (κ2) is 12.8. The maximum atomic E-state index is 14.1. The van der Waals surface area contributed by atoms with Gasteiger partial charge >= 0.3 is 5.97 Å². The highest BCUT2D eigenvalue weighted by Crippen LogP contribution is 2.40. The van der Waals surface area contributed by atoms with Crippen LogP contribution in [-0.2, 0) is 31.9 Å². The van der Waals surface area contributed by atoms with Crippen molar-refractivity contribution in [1.82, 2.24) is 29.7 Å². The van der Waals surface area contributed by atoms with Crippen molar-refractivity contribution >= 4 is 30.4 Å². The predicted octanol–water partition coefficient (Wildman–Crippen LogP) is 4.20. The molecular formula is C26H40N7O4P. The van der Waals surface area contributed by atoms with Gasteiger partial charge in [-0.15, -0.1) is 0 Å². The number of carbonyl (C=O) groups excluding carboxylic acids is 1. The number of ether oxygens (including phenoxy) is 2. The van der Waals surface area contributed by atoms with Gasteiger partial charge in [-0.25, -0.2) is 25.1 Å². The van der Waals surface area contributed by atoms with Crippen molar-refractivity contribution in [2.75, 3.05) is 18.7 Å². The van der Waals surface area contributed by atoms with E-state index >= 15 is 0 Å². The van der Waals surface area contributed by atoms with E-state index in [9.17, 15) is 9.36 Å². The molecule has 2 heterocycles. The molecule has 0 aliphatic carbocycles. The Morgan fingerprint density at radius 3 is 2.53 bits per heavy atom. The van der Waals surface area contributed by atoms with Gasteiger partial charge in [-0.2, -0.15) is 0 Å². The Bertz CT molecular complexity index is 1260. The van der Waals surface area contributed by atoms with Gasteiger partial charge in [-0.1, -0.05) is 45.0 Å². The summed E-state index contributed by atoms with van der Waals surface area (Å²) in [6.45, 7) is 12.4. The molecule has 0 amide bonds. The molecule has 38 heavy (non-hydrogen) atoms. The fourth-order valence-corrected chi connectivity index (χ4v) is 5.96. The molecule has 0 aliphatic rings. The summed E-state index contributed by atoms with van der Waals surface area (Å²) in [6.07, 6.45) is 3.22. The molecule has 0 spiro atoms. The van der Waals surface area contributed by atoms with Crippen LogP contribution in [0.5, 0.6) is 0 Å². The third-order valence-electron chi connectivity index (χ3n) is 6.02. The number of hydrogen-bond donors (Lipinski definition) is 3. The smallest absolute Gasteiger partial charge is 0.326 e. The maximum Gasteiger partial charge on any atom is 0.326 e. The van der Waals surface area contributed by atoms with Crippen molar-refractivity contribution in [3.8, 4) is 0 Å². The minimum atomic E-state index is -3.42. The van der Waals surface area contributed by atoms with Crippen molar-refractivity contribution in [2.45, 2.75) is 78.6 Å². The van der Waals surface area contributed by atoms with Gasteiger partial charge in [0.2, 0.25) is 7.44 Å². The summed E-state index contributed by atoms with van der Waals surface area (Å²) in [7, 11) is -3.42. The Morgan fingerprint density at radius 2 is 1.87 bits per heavy atom. The number of carbonyl (C=O) groups is 1. The quantitative estimate of drug-likeness (QED) is 0.199. The van der Waals surface area contributed by atoms with Crippen LogP contribution in [0.1, 0.15) is 65.0 Å². The largest absolute Gasteiger partial charge is 0.464 e. The zero-order valence-electron chi connectivity index (χ0n) is 23.1. The number of nitrogen functional groups attached to an aromatic ring is 1. The first-order chi connectivity index (χ1) is 17.9. The number of imidazole rings is 1. The van der Waals surface area contributed by atoms with Crippen LogP contribution in [-0.4, -0.2) is 50.1 Å². The Kier molecular flexibility index (Phi) is 10.0. The van der Waals surface area contributed by atoms with E-state index in [2.05, 4.69) is 51.1 Å². The fraction of sp³-hybridized carbons (Fsp3) is 0.538. The average Bonchev–Trinajstić information content (AvgIpc) is 3.28. The molecule has 0 bridgehead atoms. The van der Waals surface area contributed by atoms with Gasteiger partial charge in [-0.05, 0) is 44.2 Å². The molecule has 0 aliphatic heterocycles. The molecule has 0 saturated heterocycles. The zero-order chi connectivity index (χ0) is 27.9. The lowest BCUT2D eigenvalue weighted by Gasteiger charge is -2.31. The molecule has 2 aromatic heterocycles. The van der Waals surface area contributed by atoms with Crippen LogP contribution < -0.4 is 15.9 Å². The number of fused-ring (bicyclic) bond motifs is 1. The third-order valence-corrected chi connectivity index (χ3v) is 8.12. The van der Waals surface area contributed by atoms with Gasteiger partial charge in [0.05, 0.1) is 25.6 Å². The minimum Gasteiger partial charge on any atom is -0.464 e. The number of hydrogen-bond acceptors (Lipinski definition) is 8.